The molecule has 1 aliphatic rings. The third kappa shape index (κ3) is 1.62. The summed E-state index contributed by atoms with van der Waals surface area (Å²) in [5.41, 5.74) is 7.66. The van der Waals surface area contributed by atoms with Gasteiger partial charge in [-0.05, 0) is 32.5 Å². The van der Waals surface area contributed by atoms with E-state index in [9.17, 15) is 0 Å². The van der Waals surface area contributed by atoms with E-state index in [-0.39, 0.29) is 0 Å². The van der Waals surface area contributed by atoms with Crippen LogP contribution in [0.1, 0.15) is 30.3 Å². The molecule has 3 rings (SSSR count). The highest BCUT2D eigenvalue weighted by Gasteiger charge is 2.27. The summed E-state index contributed by atoms with van der Waals surface area (Å²) in [4.78, 5) is 2.34. The van der Waals surface area contributed by atoms with Crippen LogP contribution in [0.3, 0.4) is 0 Å². The Hall–Kier alpha value is -1.46. The number of pyridine rings is 1. The summed E-state index contributed by atoms with van der Waals surface area (Å²) >= 11 is 0. The van der Waals surface area contributed by atoms with E-state index in [1.54, 1.807) is 0 Å². The first-order valence-corrected chi connectivity index (χ1v) is 6.04. The molecule has 5 heteroatoms. The summed E-state index contributed by atoms with van der Waals surface area (Å²) in [5, 5.41) is 8.63. The van der Waals surface area contributed by atoms with Crippen LogP contribution < -0.4 is 5.73 Å². The summed E-state index contributed by atoms with van der Waals surface area (Å²) in [7, 11) is 2.14. The average molecular weight is 231 g/mol. The molecule has 1 aliphatic heterocycles. The van der Waals surface area contributed by atoms with Gasteiger partial charge in [0.2, 0.25) is 0 Å². The Bertz CT molecular complexity index is 533. The van der Waals surface area contributed by atoms with Gasteiger partial charge in [-0.25, -0.2) is 0 Å². The van der Waals surface area contributed by atoms with Crippen LogP contribution in [0.2, 0.25) is 0 Å². The molecule has 1 saturated heterocycles. The molecule has 2 aromatic heterocycles. The number of nitrogens with two attached hydrogens (primary N) is 1. The van der Waals surface area contributed by atoms with Crippen LogP contribution in [-0.4, -0.2) is 33.1 Å². The Morgan fingerprint density at radius 2 is 2.35 bits per heavy atom. The first-order valence-electron chi connectivity index (χ1n) is 6.04. The molecule has 0 aromatic carbocycles. The number of aromatic nitrogens is 3. The molecule has 2 aromatic rings. The van der Waals surface area contributed by atoms with Gasteiger partial charge in [0.1, 0.15) is 0 Å². The van der Waals surface area contributed by atoms with E-state index in [2.05, 4.69) is 26.5 Å². The Kier molecular flexibility index (Phi) is 2.57. The molecule has 1 unspecified atom stereocenters. The lowest BCUT2D eigenvalue weighted by atomic mass is 10.2. The van der Waals surface area contributed by atoms with Gasteiger partial charge in [-0.15, -0.1) is 10.2 Å². The molecule has 1 fully saturated rings. The lowest BCUT2D eigenvalue weighted by Crippen LogP contribution is -2.19. The highest BCUT2D eigenvalue weighted by Crippen LogP contribution is 2.29. The quantitative estimate of drug-likeness (QED) is 0.836. The second-order valence-electron chi connectivity index (χ2n) is 4.63. The van der Waals surface area contributed by atoms with Crippen molar-refractivity contribution in [3.8, 4) is 0 Å². The Balaban J connectivity index is 2.12. The standard InChI is InChI=1S/C12H17N5/c1-16-6-3-5-10(16)12-15-14-11-9(8-13)4-2-7-17(11)12/h2,4,7,10H,3,5-6,8,13H2,1H3. The van der Waals surface area contributed by atoms with Gasteiger partial charge in [0, 0.05) is 18.3 Å². The summed E-state index contributed by atoms with van der Waals surface area (Å²) in [5.74, 6) is 1.04. The SMILES string of the molecule is CN1CCCC1c1nnc2c(CN)cccn12. The van der Waals surface area contributed by atoms with E-state index in [1.165, 1.54) is 6.42 Å². The fourth-order valence-electron chi connectivity index (χ4n) is 2.61. The molecule has 0 bridgehead atoms. The number of hydrogen-bond acceptors (Lipinski definition) is 4. The van der Waals surface area contributed by atoms with Gasteiger partial charge in [-0.3, -0.25) is 9.30 Å². The molecule has 90 valence electrons. The van der Waals surface area contributed by atoms with E-state index < -0.39 is 0 Å². The van der Waals surface area contributed by atoms with E-state index in [0.717, 1.165) is 30.0 Å². The maximum atomic E-state index is 5.71. The molecule has 0 radical (unpaired) electrons. The van der Waals surface area contributed by atoms with Gasteiger partial charge in [0.05, 0.1) is 6.04 Å². The van der Waals surface area contributed by atoms with Crippen molar-refractivity contribution in [2.75, 3.05) is 13.6 Å². The first-order chi connectivity index (χ1) is 8.31. The smallest absolute Gasteiger partial charge is 0.165 e. The van der Waals surface area contributed by atoms with Gasteiger partial charge in [-0.1, -0.05) is 6.07 Å². The molecular formula is C12H17N5. The third-order valence-electron chi connectivity index (χ3n) is 3.58. The molecule has 2 N–H and O–H groups in total. The minimum absolute atomic E-state index is 0.387. The molecule has 0 spiro atoms. The molecule has 17 heavy (non-hydrogen) atoms. The summed E-state index contributed by atoms with van der Waals surface area (Å²) < 4.78 is 2.08. The predicted octanol–water partition coefficient (Wildman–Crippen LogP) is 0.955. The van der Waals surface area contributed by atoms with E-state index >= 15 is 0 Å². The van der Waals surface area contributed by atoms with Gasteiger partial charge < -0.3 is 5.73 Å². The summed E-state index contributed by atoms with van der Waals surface area (Å²) in [6, 6.07) is 4.40. The van der Waals surface area contributed by atoms with Gasteiger partial charge >= 0.3 is 0 Å². The van der Waals surface area contributed by atoms with Crippen molar-refractivity contribution in [3.05, 3.63) is 29.7 Å². The highest BCUT2D eigenvalue weighted by molar-refractivity contribution is 5.47. The van der Waals surface area contributed by atoms with Crippen molar-refractivity contribution < 1.29 is 0 Å². The van der Waals surface area contributed by atoms with Crippen LogP contribution in [0.15, 0.2) is 18.3 Å². The maximum absolute atomic E-state index is 5.71. The van der Waals surface area contributed by atoms with Gasteiger partial charge in [-0.2, -0.15) is 0 Å². The van der Waals surface area contributed by atoms with Crippen LogP contribution in [0, 0.1) is 0 Å². The van der Waals surface area contributed by atoms with Crippen molar-refractivity contribution >= 4 is 5.65 Å². The van der Waals surface area contributed by atoms with Gasteiger partial charge in [0.25, 0.3) is 0 Å². The zero-order valence-electron chi connectivity index (χ0n) is 10.0. The normalized spacial score (nSPS) is 21.4. The maximum Gasteiger partial charge on any atom is 0.165 e. The van der Waals surface area contributed by atoms with Crippen molar-refractivity contribution in [2.45, 2.75) is 25.4 Å². The zero-order valence-corrected chi connectivity index (χ0v) is 10.0. The second kappa shape index (κ2) is 4.09. The van der Waals surface area contributed by atoms with E-state index in [1.807, 2.05) is 18.3 Å². The highest BCUT2D eigenvalue weighted by atomic mass is 15.3. The van der Waals surface area contributed by atoms with E-state index in [0.29, 0.717) is 12.6 Å². The van der Waals surface area contributed by atoms with E-state index in [4.69, 9.17) is 5.73 Å². The van der Waals surface area contributed by atoms with Crippen molar-refractivity contribution in [1.29, 1.82) is 0 Å². The largest absolute Gasteiger partial charge is 0.326 e. The van der Waals surface area contributed by atoms with Crippen LogP contribution in [0.4, 0.5) is 0 Å². The minimum Gasteiger partial charge on any atom is -0.326 e. The lowest BCUT2D eigenvalue weighted by Gasteiger charge is -2.17. The number of rotatable bonds is 2. The number of nitrogens with zero attached hydrogens (tertiary/aromatic N) is 4. The van der Waals surface area contributed by atoms with Crippen LogP contribution in [0.25, 0.3) is 5.65 Å². The second-order valence-corrected chi connectivity index (χ2v) is 4.63. The average Bonchev–Trinajstić information content (AvgIpc) is 2.94. The van der Waals surface area contributed by atoms with Crippen molar-refractivity contribution in [3.63, 3.8) is 0 Å². The Morgan fingerprint density at radius 1 is 1.47 bits per heavy atom. The fourth-order valence-corrected chi connectivity index (χ4v) is 2.61. The molecule has 3 heterocycles. The lowest BCUT2D eigenvalue weighted by molar-refractivity contribution is 0.304. The first kappa shape index (κ1) is 10.7. The number of likely N-dealkylation sites (tertiary alicyclic amines) is 1. The molecule has 0 aliphatic carbocycles. The topological polar surface area (TPSA) is 59.5 Å². The zero-order chi connectivity index (χ0) is 11.8. The predicted molar refractivity (Wildman–Crippen MR) is 65.5 cm³/mol. The molecule has 0 saturated carbocycles. The van der Waals surface area contributed by atoms with Gasteiger partial charge in [0.15, 0.2) is 11.5 Å². The molecule has 5 nitrogen and oxygen atoms in total. The Labute approximate surface area is 100 Å². The number of hydrogen-bond donors (Lipinski definition) is 1. The van der Waals surface area contributed by atoms with Crippen molar-refractivity contribution in [2.24, 2.45) is 5.73 Å². The molecular weight excluding hydrogens is 214 g/mol. The fraction of sp³-hybridized carbons (Fsp3) is 0.500. The third-order valence-corrected chi connectivity index (χ3v) is 3.58. The monoisotopic (exact) mass is 231 g/mol. The number of fused-ring (bicyclic) bond motifs is 1. The van der Waals surface area contributed by atoms with Crippen LogP contribution in [0.5, 0.6) is 0 Å². The van der Waals surface area contributed by atoms with Crippen LogP contribution in [-0.2, 0) is 6.54 Å². The molecule has 1 atom stereocenters. The van der Waals surface area contributed by atoms with Crippen molar-refractivity contribution in [1.82, 2.24) is 19.5 Å². The molecule has 0 amide bonds. The Morgan fingerprint density at radius 3 is 3.06 bits per heavy atom. The minimum atomic E-state index is 0.387. The summed E-state index contributed by atoms with van der Waals surface area (Å²) in [6.07, 6.45) is 4.41. The van der Waals surface area contributed by atoms with Crippen LogP contribution >= 0.6 is 0 Å². The summed E-state index contributed by atoms with van der Waals surface area (Å²) in [6.45, 7) is 1.64.